The van der Waals surface area contributed by atoms with Crippen LogP contribution in [0.4, 0.5) is 0 Å². The fourth-order valence-corrected chi connectivity index (χ4v) is 2.49. The SMILES string of the molecule is CN(CC[C@H](N)CCCCB(O)O)CC(O)c1cccc(O)c1.O=C=O. The van der Waals surface area contributed by atoms with Gasteiger partial charge in [-0.3, -0.25) is 0 Å². The van der Waals surface area contributed by atoms with Gasteiger partial charge in [-0.05, 0) is 50.5 Å². The van der Waals surface area contributed by atoms with Crippen LogP contribution in [0.25, 0.3) is 0 Å². The van der Waals surface area contributed by atoms with Crippen LogP contribution in [0.3, 0.4) is 0 Å². The number of nitrogens with zero attached hydrogens (tertiary/aromatic N) is 1. The van der Waals surface area contributed by atoms with E-state index in [2.05, 4.69) is 0 Å². The number of hydrogen-bond acceptors (Lipinski definition) is 8. The summed E-state index contributed by atoms with van der Waals surface area (Å²) in [6.07, 6.45) is 3.32. The first-order valence-electron chi connectivity index (χ1n) is 8.56. The van der Waals surface area contributed by atoms with Crippen molar-refractivity contribution in [2.24, 2.45) is 5.73 Å². The molecule has 0 fully saturated rings. The first-order chi connectivity index (χ1) is 12.3. The Kier molecular flexibility index (Phi) is 13.5. The summed E-state index contributed by atoms with van der Waals surface area (Å²) in [6.45, 7) is 1.26. The third kappa shape index (κ3) is 12.6. The van der Waals surface area contributed by atoms with Crippen molar-refractivity contribution < 1.29 is 29.9 Å². The Morgan fingerprint density at radius 1 is 1.23 bits per heavy atom. The van der Waals surface area contributed by atoms with E-state index in [1.807, 2.05) is 11.9 Å². The summed E-state index contributed by atoms with van der Waals surface area (Å²) in [4.78, 5) is 18.3. The number of rotatable bonds is 11. The lowest BCUT2D eigenvalue weighted by molar-refractivity contribution is -0.191. The van der Waals surface area contributed by atoms with Crippen LogP contribution in [0.2, 0.25) is 6.32 Å². The van der Waals surface area contributed by atoms with Gasteiger partial charge in [-0.15, -0.1) is 0 Å². The standard InChI is InChI=1S/C16H29BN2O4.CO2/c1-19(10-8-14(18)6-2-3-9-17(22)23)12-16(21)13-5-4-7-15(20)11-13;2-1-3/h4-5,7,11,14,16,20-23H,2-3,6,8-10,12,18H2,1H3;/t14-,16?;/m1./s1. The largest absolute Gasteiger partial charge is 0.508 e. The van der Waals surface area contributed by atoms with Crippen molar-refractivity contribution in [3.63, 3.8) is 0 Å². The predicted molar refractivity (Wildman–Crippen MR) is 97.0 cm³/mol. The van der Waals surface area contributed by atoms with Crippen LogP contribution in [-0.2, 0) is 9.59 Å². The van der Waals surface area contributed by atoms with Gasteiger partial charge in [0.25, 0.3) is 0 Å². The van der Waals surface area contributed by atoms with Crippen LogP contribution in [0.15, 0.2) is 24.3 Å². The maximum Gasteiger partial charge on any atom is 0.451 e. The molecule has 0 heterocycles. The Morgan fingerprint density at radius 3 is 2.46 bits per heavy atom. The van der Waals surface area contributed by atoms with Crippen LogP contribution >= 0.6 is 0 Å². The Morgan fingerprint density at radius 2 is 1.88 bits per heavy atom. The summed E-state index contributed by atoms with van der Waals surface area (Å²) < 4.78 is 0. The Balaban J connectivity index is 0.00000194. The van der Waals surface area contributed by atoms with Gasteiger partial charge in [0.05, 0.1) is 6.10 Å². The van der Waals surface area contributed by atoms with Crippen molar-refractivity contribution in [1.82, 2.24) is 4.90 Å². The molecule has 0 aliphatic heterocycles. The van der Waals surface area contributed by atoms with Crippen molar-refractivity contribution in [1.29, 1.82) is 0 Å². The second kappa shape index (κ2) is 14.4. The van der Waals surface area contributed by atoms with Crippen molar-refractivity contribution in [3.8, 4) is 5.75 Å². The van der Waals surface area contributed by atoms with Crippen LogP contribution in [-0.4, -0.2) is 64.6 Å². The van der Waals surface area contributed by atoms with Gasteiger partial charge in [0.15, 0.2) is 0 Å². The second-order valence-electron chi connectivity index (χ2n) is 6.27. The minimum Gasteiger partial charge on any atom is -0.508 e. The molecule has 1 aromatic carbocycles. The normalized spacial score (nSPS) is 12.7. The van der Waals surface area contributed by atoms with Gasteiger partial charge in [0, 0.05) is 12.6 Å². The Labute approximate surface area is 154 Å². The Bertz CT molecular complexity index is 526. The van der Waals surface area contributed by atoms with Gasteiger partial charge < -0.3 is 30.9 Å². The van der Waals surface area contributed by atoms with E-state index in [-0.39, 0.29) is 17.9 Å². The molecule has 26 heavy (non-hydrogen) atoms. The average Bonchev–Trinajstić information content (AvgIpc) is 2.57. The van der Waals surface area contributed by atoms with Crippen molar-refractivity contribution in [3.05, 3.63) is 29.8 Å². The number of unbranched alkanes of at least 4 members (excludes halogenated alkanes) is 1. The van der Waals surface area contributed by atoms with Gasteiger partial charge in [0.1, 0.15) is 5.75 Å². The van der Waals surface area contributed by atoms with Crippen LogP contribution in [0.5, 0.6) is 5.75 Å². The average molecular weight is 368 g/mol. The van der Waals surface area contributed by atoms with E-state index >= 15 is 0 Å². The van der Waals surface area contributed by atoms with E-state index in [0.717, 1.165) is 32.2 Å². The van der Waals surface area contributed by atoms with Gasteiger partial charge >= 0.3 is 13.3 Å². The number of carbonyl (C=O) groups excluding carboxylic acids is 2. The van der Waals surface area contributed by atoms with Crippen LogP contribution in [0.1, 0.15) is 37.4 Å². The molecule has 0 bridgehead atoms. The van der Waals surface area contributed by atoms with Crippen LogP contribution in [0, 0.1) is 0 Å². The quantitative estimate of drug-likeness (QED) is 0.274. The lowest BCUT2D eigenvalue weighted by Gasteiger charge is -2.22. The summed E-state index contributed by atoms with van der Waals surface area (Å²) in [5, 5.41) is 37.1. The molecule has 0 aliphatic rings. The third-order valence-electron chi connectivity index (χ3n) is 3.91. The zero-order chi connectivity index (χ0) is 19.9. The molecule has 1 unspecified atom stereocenters. The summed E-state index contributed by atoms with van der Waals surface area (Å²) in [5.74, 6) is 0.152. The molecule has 0 radical (unpaired) electrons. The highest BCUT2D eigenvalue weighted by Gasteiger charge is 2.13. The molecule has 2 atom stereocenters. The highest BCUT2D eigenvalue weighted by molar-refractivity contribution is 6.40. The zero-order valence-corrected chi connectivity index (χ0v) is 15.1. The van der Waals surface area contributed by atoms with Gasteiger partial charge in [-0.25, -0.2) is 0 Å². The number of phenolic OH excluding ortho intramolecular Hbond substituents is 1. The maximum atomic E-state index is 10.2. The van der Waals surface area contributed by atoms with E-state index in [1.54, 1.807) is 24.3 Å². The smallest absolute Gasteiger partial charge is 0.451 e. The van der Waals surface area contributed by atoms with Gasteiger partial charge in [-0.2, -0.15) is 9.59 Å². The van der Waals surface area contributed by atoms with Crippen molar-refractivity contribution in [2.45, 2.75) is 44.1 Å². The number of likely N-dealkylation sites (N-methyl/N-ethyl adjacent to an activating group) is 1. The number of aliphatic hydroxyl groups excluding tert-OH is 1. The predicted octanol–water partition coefficient (Wildman–Crippen LogP) is 0.134. The molecule has 0 saturated carbocycles. The van der Waals surface area contributed by atoms with Crippen molar-refractivity contribution in [2.75, 3.05) is 20.1 Å². The molecular weight excluding hydrogens is 339 g/mol. The summed E-state index contributed by atoms with van der Waals surface area (Å²) in [7, 11) is 0.706. The lowest BCUT2D eigenvalue weighted by Crippen LogP contribution is -2.31. The van der Waals surface area contributed by atoms with E-state index < -0.39 is 13.2 Å². The lowest BCUT2D eigenvalue weighted by atomic mass is 9.83. The van der Waals surface area contributed by atoms with E-state index in [4.69, 9.17) is 25.4 Å². The van der Waals surface area contributed by atoms with Gasteiger partial charge in [0.2, 0.25) is 0 Å². The molecule has 0 aromatic heterocycles. The second-order valence-corrected chi connectivity index (χ2v) is 6.27. The molecule has 0 spiro atoms. The fourth-order valence-electron chi connectivity index (χ4n) is 2.49. The molecule has 0 amide bonds. The topological polar surface area (TPSA) is 144 Å². The number of nitrogens with two attached hydrogens (primary N) is 1. The van der Waals surface area contributed by atoms with E-state index in [9.17, 15) is 10.2 Å². The Hall–Kier alpha value is -1.74. The third-order valence-corrected chi connectivity index (χ3v) is 3.91. The number of phenols is 1. The molecule has 9 heteroatoms. The van der Waals surface area contributed by atoms with E-state index in [0.29, 0.717) is 18.4 Å². The molecule has 1 rings (SSSR count). The van der Waals surface area contributed by atoms with Gasteiger partial charge in [-0.1, -0.05) is 25.0 Å². The minimum atomic E-state index is -1.23. The summed E-state index contributed by atoms with van der Waals surface area (Å²) >= 11 is 0. The molecule has 6 N–H and O–H groups in total. The molecule has 1 aromatic rings. The monoisotopic (exact) mass is 368 g/mol. The number of aliphatic hydroxyl groups is 1. The maximum absolute atomic E-state index is 10.2. The molecule has 0 saturated heterocycles. The summed E-state index contributed by atoms with van der Waals surface area (Å²) in [5.41, 5.74) is 6.75. The first-order valence-corrected chi connectivity index (χ1v) is 8.56. The van der Waals surface area contributed by atoms with Crippen LogP contribution < -0.4 is 5.73 Å². The van der Waals surface area contributed by atoms with E-state index in [1.165, 1.54) is 0 Å². The molecule has 8 nitrogen and oxygen atoms in total. The highest BCUT2D eigenvalue weighted by atomic mass is 16.4. The highest BCUT2D eigenvalue weighted by Crippen LogP contribution is 2.19. The zero-order valence-electron chi connectivity index (χ0n) is 15.1. The number of aromatic hydroxyl groups is 1. The number of benzene rings is 1. The molecule has 146 valence electrons. The number of hydrogen-bond donors (Lipinski definition) is 5. The molecular formula is C17H29BN2O6. The summed E-state index contributed by atoms with van der Waals surface area (Å²) in [6, 6.07) is 6.73. The fraction of sp³-hybridized carbons (Fsp3) is 0.588. The molecule has 0 aliphatic carbocycles. The first kappa shape index (κ1) is 24.3. The van der Waals surface area contributed by atoms with Crippen molar-refractivity contribution >= 4 is 13.3 Å². The minimum absolute atomic E-state index is 0.0752.